The van der Waals surface area contributed by atoms with Crippen LogP contribution in [0.2, 0.25) is 0 Å². The minimum absolute atomic E-state index is 0. The van der Waals surface area contributed by atoms with E-state index < -0.39 is 12.6 Å². The Morgan fingerprint density at radius 2 is 1.88 bits per heavy atom. The number of nitrogens with zero attached hydrogens (tertiary/aromatic N) is 3. The lowest BCUT2D eigenvalue weighted by atomic mass is 10.3. The van der Waals surface area contributed by atoms with Gasteiger partial charge in [0, 0.05) is 26.7 Å². The fraction of sp³-hybridized carbons (Fsp3) is 0.500. The first-order chi connectivity index (χ1) is 11.4. The molecule has 0 fully saturated rings. The third-order valence-electron chi connectivity index (χ3n) is 3.62. The van der Waals surface area contributed by atoms with Crippen LogP contribution in [0.3, 0.4) is 0 Å². The molecule has 5 nitrogen and oxygen atoms in total. The van der Waals surface area contributed by atoms with Crippen LogP contribution < -0.4 is 10.6 Å². The maximum absolute atomic E-state index is 12.1. The lowest BCUT2D eigenvalue weighted by molar-refractivity contribution is -0.132. The molecule has 25 heavy (non-hydrogen) atoms. The van der Waals surface area contributed by atoms with Crippen LogP contribution >= 0.6 is 24.0 Å². The summed E-state index contributed by atoms with van der Waals surface area (Å²) < 4.78 is 38.5. The number of para-hydroxylation sites is 2. The van der Waals surface area contributed by atoms with Crippen molar-refractivity contribution in [1.29, 1.82) is 0 Å². The van der Waals surface area contributed by atoms with Gasteiger partial charge in [-0.3, -0.25) is 4.99 Å². The standard InChI is InChI=1S/C16H22F3N5.HI/c1-12-23-13-6-3-4-7-14(13)24(12)11-5-9-21-15(20-2)22-10-8-16(17,18)19;/h3-4,6-7H,5,8-11H2,1-2H3,(H2,20,21,22);1H. The largest absolute Gasteiger partial charge is 0.390 e. The minimum Gasteiger partial charge on any atom is -0.356 e. The summed E-state index contributed by atoms with van der Waals surface area (Å²) >= 11 is 0. The summed E-state index contributed by atoms with van der Waals surface area (Å²) in [4.78, 5) is 8.42. The SMILES string of the molecule is CN=C(NCCCn1c(C)nc2ccccc21)NCCC(F)(F)F.I. The van der Waals surface area contributed by atoms with Crippen molar-refractivity contribution >= 4 is 41.0 Å². The number of aliphatic imine (C=N–C) groups is 1. The molecule has 0 saturated carbocycles. The van der Waals surface area contributed by atoms with E-state index in [1.54, 1.807) is 0 Å². The van der Waals surface area contributed by atoms with E-state index in [9.17, 15) is 13.2 Å². The number of aromatic nitrogens is 2. The molecule has 0 aliphatic rings. The zero-order chi connectivity index (χ0) is 17.6. The summed E-state index contributed by atoms with van der Waals surface area (Å²) in [5, 5.41) is 5.68. The van der Waals surface area contributed by atoms with Gasteiger partial charge < -0.3 is 15.2 Å². The Balaban J connectivity index is 0.00000312. The van der Waals surface area contributed by atoms with Crippen LogP contribution in [0, 0.1) is 6.92 Å². The quantitative estimate of drug-likeness (QED) is 0.295. The summed E-state index contributed by atoms with van der Waals surface area (Å²) in [6.07, 6.45) is -4.24. The summed E-state index contributed by atoms with van der Waals surface area (Å²) in [6.45, 7) is 3.16. The highest BCUT2D eigenvalue weighted by Gasteiger charge is 2.26. The van der Waals surface area contributed by atoms with Crippen molar-refractivity contribution in [3.05, 3.63) is 30.1 Å². The molecule has 0 bridgehead atoms. The lowest BCUT2D eigenvalue weighted by Crippen LogP contribution is -2.39. The zero-order valence-electron chi connectivity index (χ0n) is 14.2. The van der Waals surface area contributed by atoms with Gasteiger partial charge in [-0.25, -0.2) is 4.98 Å². The topological polar surface area (TPSA) is 54.2 Å². The van der Waals surface area contributed by atoms with Crippen molar-refractivity contribution in [3.63, 3.8) is 0 Å². The molecule has 9 heteroatoms. The first-order valence-electron chi connectivity index (χ1n) is 7.84. The van der Waals surface area contributed by atoms with E-state index >= 15 is 0 Å². The van der Waals surface area contributed by atoms with Crippen LogP contribution in [0.5, 0.6) is 0 Å². The summed E-state index contributed by atoms with van der Waals surface area (Å²) in [7, 11) is 1.54. The van der Waals surface area contributed by atoms with Gasteiger partial charge in [0.2, 0.25) is 0 Å². The molecular weight excluding hydrogens is 446 g/mol. The van der Waals surface area contributed by atoms with Crippen molar-refractivity contribution in [2.45, 2.75) is 32.5 Å². The molecule has 2 rings (SSSR count). The number of fused-ring (bicyclic) bond motifs is 1. The van der Waals surface area contributed by atoms with E-state index in [4.69, 9.17) is 0 Å². The van der Waals surface area contributed by atoms with Gasteiger partial charge in [-0.1, -0.05) is 12.1 Å². The van der Waals surface area contributed by atoms with E-state index in [1.165, 1.54) is 7.05 Å². The molecule has 0 saturated heterocycles. The number of hydrogen-bond acceptors (Lipinski definition) is 2. The van der Waals surface area contributed by atoms with Crippen molar-refractivity contribution < 1.29 is 13.2 Å². The Morgan fingerprint density at radius 1 is 1.20 bits per heavy atom. The molecule has 0 radical (unpaired) electrons. The molecule has 0 atom stereocenters. The second-order valence-electron chi connectivity index (χ2n) is 5.44. The molecule has 2 N–H and O–H groups in total. The number of rotatable bonds is 6. The third kappa shape index (κ3) is 6.71. The summed E-state index contributed by atoms with van der Waals surface area (Å²) in [5.74, 6) is 1.33. The van der Waals surface area contributed by atoms with E-state index in [0.29, 0.717) is 12.5 Å². The Kier molecular flexibility index (Phi) is 8.46. The van der Waals surface area contributed by atoms with Crippen LogP contribution in [0.4, 0.5) is 13.2 Å². The van der Waals surface area contributed by atoms with Gasteiger partial charge in [-0.05, 0) is 25.5 Å². The van der Waals surface area contributed by atoms with Gasteiger partial charge in [-0.15, -0.1) is 24.0 Å². The number of hydrogen-bond donors (Lipinski definition) is 2. The molecule has 140 valence electrons. The first-order valence-corrected chi connectivity index (χ1v) is 7.84. The average Bonchev–Trinajstić information content (AvgIpc) is 2.84. The Hall–Kier alpha value is -1.52. The fourth-order valence-electron chi connectivity index (χ4n) is 2.47. The van der Waals surface area contributed by atoms with Gasteiger partial charge >= 0.3 is 6.18 Å². The Morgan fingerprint density at radius 3 is 2.56 bits per heavy atom. The van der Waals surface area contributed by atoms with E-state index in [-0.39, 0.29) is 30.5 Å². The number of benzene rings is 1. The predicted octanol–water partition coefficient (Wildman–Crippen LogP) is 3.47. The highest BCUT2D eigenvalue weighted by atomic mass is 127. The monoisotopic (exact) mass is 469 g/mol. The number of halogens is 4. The average molecular weight is 469 g/mol. The molecule has 0 unspecified atom stereocenters. The van der Waals surface area contributed by atoms with Gasteiger partial charge in [0.1, 0.15) is 5.82 Å². The van der Waals surface area contributed by atoms with E-state index in [1.807, 2.05) is 31.2 Å². The van der Waals surface area contributed by atoms with Crippen LogP contribution in [0.1, 0.15) is 18.7 Å². The minimum atomic E-state index is -4.16. The molecule has 1 heterocycles. The smallest absolute Gasteiger partial charge is 0.356 e. The van der Waals surface area contributed by atoms with Gasteiger partial charge in [0.15, 0.2) is 5.96 Å². The second kappa shape index (κ2) is 9.83. The Labute approximate surface area is 162 Å². The molecule has 1 aromatic carbocycles. The second-order valence-corrected chi connectivity index (χ2v) is 5.44. The fourth-order valence-corrected chi connectivity index (χ4v) is 2.47. The molecule has 1 aromatic heterocycles. The molecule has 0 spiro atoms. The lowest BCUT2D eigenvalue weighted by Gasteiger charge is -2.13. The normalized spacial score (nSPS) is 12.1. The molecule has 0 amide bonds. The molecule has 0 aliphatic heterocycles. The van der Waals surface area contributed by atoms with E-state index in [2.05, 4.69) is 25.2 Å². The van der Waals surface area contributed by atoms with Gasteiger partial charge in [0.25, 0.3) is 0 Å². The molecule has 2 aromatic rings. The van der Waals surface area contributed by atoms with Gasteiger partial charge in [0.05, 0.1) is 17.5 Å². The number of imidazole rings is 1. The number of nitrogens with one attached hydrogen (secondary N) is 2. The van der Waals surface area contributed by atoms with Crippen molar-refractivity contribution in [1.82, 2.24) is 20.2 Å². The van der Waals surface area contributed by atoms with Crippen molar-refractivity contribution in [2.75, 3.05) is 20.1 Å². The van der Waals surface area contributed by atoms with Crippen LogP contribution in [0.15, 0.2) is 29.3 Å². The Bertz CT molecular complexity index is 697. The molecule has 0 aliphatic carbocycles. The first kappa shape index (κ1) is 21.5. The summed E-state index contributed by atoms with van der Waals surface area (Å²) in [6, 6.07) is 7.94. The zero-order valence-corrected chi connectivity index (χ0v) is 16.6. The highest BCUT2D eigenvalue weighted by molar-refractivity contribution is 14.0. The van der Waals surface area contributed by atoms with Crippen molar-refractivity contribution in [2.24, 2.45) is 4.99 Å². The maximum Gasteiger partial charge on any atom is 0.390 e. The van der Waals surface area contributed by atoms with E-state index in [0.717, 1.165) is 29.8 Å². The van der Waals surface area contributed by atoms with Crippen LogP contribution in [-0.4, -0.2) is 41.8 Å². The summed E-state index contributed by atoms with van der Waals surface area (Å²) in [5.41, 5.74) is 2.05. The van der Waals surface area contributed by atoms with Crippen molar-refractivity contribution in [3.8, 4) is 0 Å². The van der Waals surface area contributed by atoms with Crippen LogP contribution in [0.25, 0.3) is 11.0 Å². The number of guanidine groups is 1. The maximum atomic E-state index is 12.1. The van der Waals surface area contributed by atoms with Crippen LogP contribution in [-0.2, 0) is 6.54 Å². The van der Waals surface area contributed by atoms with Gasteiger partial charge in [-0.2, -0.15) is 13.2 Å². The highest BCUT2D eigenvalue weighted by Crippen LogP contribution is 2.18. The molecular formula is C16H23F3IN5. The predicted molar refractivity (Wildman–Crippen MR) is 105 cm³/mol. The number of aryl methyl sites for hydroxylation is 2. The third-order valence-corrected chi connectivity index (χ3v) is 3.62. The number of alkyl halides is 3.